The lowest BCUT2D eigenvalue weighted by Gasteiger charge is -2.04. The molecule has 72 valence electrons. The van der Waals surface area contributed by atoms with E-state index < -0.39 is 5.82 Å². The molecule has 1 aromatic carbocycles. The maximum absolute atomic E-state index is 13.2. The molecule has 4 heteroatoms. The first-order valence-corrected chi connectivity index (χ1v) is 4.40. The number of nitrogens with zero attached hydrogens (tertiary/aromatic N) is 1. The Morgan fingerprint density at radius 2 is 2.14 bits per heavy atom. The van der Waals surface area contributed by atoms with Crippen molar-refractivity contribution in [1.29, 1.82) is 0 Å². The van der Waals surface area contributed by atoms with E-state index in [0.717, 1.165) is 0 Å². The van der Waals surface area contributed by atoms with Gasteiger partial charge in [0.05, 0.1) is 16.7 Å². The summed E-state index contributed by atoms with van der Waals surface area (Å²) in [7, 11) is 0. The number of halogens is 2. The SMILES string of the molecule is Cc1c(F)cc(Cl)c2ncc(O)cc12. The highest BCUT2D eigenvalue weighted by atomic mass is 35.5. The van der Waals surface area contributed by atoms with Gasteiger partial charge in [0.1, 0.15) is 11.6 Å². The van der Waals surface area contributed by atoms with Gasteiger partial charge in [-0.1, -0.05) is 11.6 Å². The molecule has 1 heterocycles. The van der Waals surface area contributed by atoms with E-state index in [1.807, 2.05) is 0 Å². The van der Waals surface area contributed by atoms with Crippen LogP contribution in [0.15, 0.2) is 18.3 Å². The zero-order valence-corrected chi connectivity index (χ0v) is 8.14. The molecule has 1 N–H and O–H groups in total. The van der Waals surface area contributed by atoms with Crippen molar-refractivity contribution in [3.63, 3.8) is 0 Å². The van der Waals surface area contributed by atoms with E-state index in [9.17, 15) is 9.50 Å². The number of hydrogen-bond acceptors (Lipinski definition) is 2. The molecular weight excluding hydrogens is 205 g/mol. The summed E-state index contributed by atoms with van der Waals surface area (Å²) in [5.74, 6) is -0.392. The Bertz CT molecular complexity index is 513. The summed E-state index contributed by atoms with van der Waals surface area (Å²) in [6, 6.07) is 2.68. The summed E-state index contributed by atoms with van der Waals surface area (Å²) >= 11 is 5.80. The summed E-state index contributed by atoms with van der Waals surface area (Å²) in [5.41, 5.74) is 0.941. The van der Waals surface area contributed by atoms with Gasteiger partial charge in [0, 0.05) is 5.39 Å². The van der Waals surface area contributed by atoms with Crippen molar-refractivity contribution in [2.24, 2.45) is 0 Å². The van der Waals surface area contributed by atoms with Crippen LogP contribution < -0.4 is 0 Å². The van der Waals surface area contributed by atoms with Gasteiger partial charge in [-0.2, -0.15) is 0 Å². The quantitative estimate of drug-likeness (QED) is 0.727. The maximum Gasteiger partial charge on any atom is 0.134 e. The molecule has 14 heavy (non-hydrogen) atoms. The van der Waals surface area contributed by atoms with Gasteiger partial charge in [-0.05, 0) is 24.6 Å². The van der Waals surface area contributed by atoms with E-state index in [4.69, 9.17) is 11.6 Å². The van der Waals surface area contributed by atoms with Crippen molar-refractivity contribution in [2.75, 3.05) is 0 Å². The second kappa shape index (κ2) is 3.10. The Balaban J connectivity index is 2.95. The number of rotatable bonds is 0. The van der Waals surface area contributed by atoms with E-state index in [-0.39, 0.29) is 10.8 Å². The number of aromatic hydroxyl groups is 1. The van der Waals surface area contributed by atoms with Crippen LogP contribution in [0.1, 0.15) is 5.56 Å². The van der Waals surface area contributed by atoms with E-state index in [1.54, 1.807) is 6.92 Å². The van der Waals surface area contributed by atoms with Crippen LogP contribution in [-0.4, -0.2) is 10.1 Å². The molecule has 0 aliphatic heterocycles. The zero-order valence-electron chi connectivity index (χ0n) is 7.38. The molecular formula is C10H7ClFNO. The first-order chi connectivity index (χ1) is 6.59. The minimum Gasteiger partial charge on any atom is -0.506 e. The molecule has 0 unspecified atom stereocenters. The molecule has 0 aliphatic rings. The van der Waals surface area contributed by atoms with Gasteiger partial charge in [0.25, 0.3) is 0 Å². The van der Waals surface area contributed by atoms with Gasteiger partial charge < -0.3 is 5.11 Å². The second-order valence-electron chi connectivity index (χ2n) is 3.05. The molecule has 0 fully saturated rings. The van der Waals surface area contributed by atoms with Crippen LogP contribution in [0.3, 0.4) is 0 Å². The summed E-state index contributed by atoms with van der Waals surface area (Å²) < 4.78 is 13.2. The van der Waals surface area contributed by atoms with Gasteiger partial charge in [0.2, 0.25) is 0 Å². The summed E-state index contributed by atoms with van der Waals surface area (Å²) in [5, 5.41) is 10.00. The third-order valence-electron chi connectivity index (χ3n) is 2.12. The van der Waals surface area contributed by atoms with Gasteiger partial charge >= 0.3 is 0 Å². The molecule has 0 saturated carbocycles. The first-order valence-electron chi connectivity index (χ1n) is 4.03. The number of hydrogen-bond donors (Lipinski definition) is 1. The lowest BCUT2D eigenvalue weighted by molar-refractivity contribution is 0.474. The molecule has 0 saturated heterocycles. The Morgan fingerprint density at radius 1 is 1.43 bits per heavy atom. The van der Waals surface area contributed by atoms with Gasteiger partial charge in [-0.15, -0.1) is 0 Å². The van der Waals surface area contributed by atoms with E-state index >= 15 is 0 Å². The molecule has 0 atom stereocenters. The molecule has 0 spiro atoms. The minimum atomic E-state index is -0.394. The fourth-order valence-corrected chi connectivity index (χ4v) is 1.59. The largest absolute Gasteiger partial charge is 0.506 e. The van der Waals surface area contributed by atoms with Crippen molar-refractivity contribution >= 4 is 22.5 Å². The normalized spacial score (nSPS) is 10.8. The average molecular weight is 212 g/mol. The Kier molecular flexibility index (Phi) is 2.04. The topological polar surface area (TPSA) is 33.1 Å². The smallest absolute Gasteiger partial charge is 0.134 e. The average Bonchev–Trinajstić information content (AvgIpc) is 2.14. The fourth-order valence-electron chi connectivity index (χ4n) is 1.35. The minimum absolute atomic E-state index is 0.00210. The zero-order chi connectivity index (χ0) is 10.3. The van der Waals surface area contributed by atoms with E-state index in [1.165, 1.54) is 18.3 Å². The molecule has 2 aromatic rings. The molecule has 0 radical (unpaired) electrons. The number of pyridine rings is 1. The van der Waals surface area contributed by atoms with Gasteiger partial charge in [0.15, 0.2) is 0 Å². The van der Waals surface area contributed by atoms with Crippen LogP contribution in [0, 0.1) is 12.7 Å². The highest BCUT2D eigenvalue weighted by molar-refractivity contribution is 6.35. The second-order valence-corrected chi connectivity index (χ2v) is 3.46. The predicted molar refractivity (Wildman–Crippen MR) is 53.1 cm³/mol. The molecule has 0 amide bonds. The maximum atomic E-state index is 13.2. The molecule has 2 nitrogen and oxygen atoms in total. The molecule has 0 aliphatic carbocycles. The van der Waals surface area contributed by atoms with Crippen molar-refractivity contribution in [3.05, 3.63) is 34.7 Å². The van der Waals surface area contributed by atoms with Crippen LogP contribution in [0.25, 0.3) is 10.9 Å². The van der Waals surface area contributed by atoms with Crippen molar-refractivity contribution in [1.82, 2.24) is 4.98 Å². The molecule has 1 aromatic heterocycles. The first kappa shape index (κ1) is 9.21. The summed E-state index contributed by atoms with van der Waals surface area (Å²) in [4.78, 5) is 3.93. The number of fused-ring (bicyclic) bond motifs is 1. The Labute approximate surface area is 85.0 Å². The molecule has 2 rings (SSSR count). The van der Waals surface area contributed by atoms with Crippen molar-refractivity contribution in [3.8, 4) is 5.75 Å². The fraction of sp³-hybridized carbons (Fsp3) is 0.100. The number of aromatic nitrogens is 1. The highest BCUT2D eigenvalue weighted by Crippen LogP contribution is 2.28. The summed E-state index contributed by atoms with van der Waals surface area (Å²) in [6.07, 6.45) is 1.28. The Morgan fingerprint density at radius 3 is 2.86 bits per heavy atom. The van der Waals surface area contributed by atoms with Crippen LogP contribution in [0.4, 0.5) is 4.39 Å². The number of benzene rings is 1. The highest BCUT2D eigenvalue weighted by Gasteiger charge is 2.09. The Hall–Kier alpha value is -1.35. The van der Waals surface area contributed by atoms with Crippen LogP contribution >= 0.6 is 11.6 Å². The lowest BCUT2D eigenvalue weighted by atomic mass is 10.1. The third-order valence-corrected chi connectivity index (χ3v) is 2.40. The van der Waals surface area contributed by atoms with Crippen molar-refractivity contribution in [2.45, 2.75) is 6.92 Å². The monoisotopic (exact) mass is 211 g/mol. The van der Waals surface area contributed by atoms with E-state index in [0.29, 0.717) is 16.5 Å². The van der Waals surface area contributed by atoms with Crippen LogP contribution in [-0.2, 0) is 0 Å². The standard InChI is InChI=1S/C10H7ClFNO/c1-5-7-2-6(14)4-13-10(7)8(11)3-9(5)12/h2-4,14H,1H3. The third kappa shape index (κ3) is 1.30. The number of aryl methyl sites for hydroxylation is 1. The van der Waals surface area contributed by atoms with Gasteiger partial charge in [-0.25, -0.2) is 4.39 Å². The van der Waals surface area contributed by atoms with Crippen LogP contribution in [0.5, 0.6) is 5.75 Å². The van der Waals surface area contributed by atoms with E-state index in [2.05, 4.69) is 4.98 Å². The van der Waals surface area contributed by atoms with Crippen molar-refractivity contribution < 1.29 is 9.50 Å². The molecule has 0 bridgehead atoms. The van der Waals surface area contributed by atoms with Crippen LogP contribution in [0.2, 0.25) is 5.02 Å². The van der Waals surface area contributed by atoms with Gasteiger partial charge in [-0.3, -0.25) is 4.98 Å². The predicted octanol–water partition coefficient (Wildman–Crippen LogP) is 3.04. The summed E-state index contributed by atoms with van der Waals surface area (Å²) in [6.45, 7) is 1.62. The lowest BCUT2D eigenvalue weighted by Crippen LogP contribution is -1.88.